The number of carbonyl (C=O) groups is 1. The fourth-order valence-corrected chi connectivity index (χ4v) is 1.82. The molecule has 0 bridgehead atoms. The number of benzene rings is 1. The van der Waals surface area contributed by atoms with Gasteiger partial charge in [0.05, 0.1) is 12.8 Å². The fourth-order valence-electron chi connectivity index (χ4n) is 1.82. The molecule has 0 unspecified atom stereocenters. The van der Waals surface area contributed by atoms with Crippen molar-refractivity contribution < 1.29 is 9.21 Å². The zero-order valence-corrected chi connectivity index (χ0v) is 11.5. The average molecular weight is 270 g/mol. The lowest BCUT2D eigenvalue weighted by atomic mass is 10.2. The first kappa shape index (κ1) is 13.9. The summed E-state index contributed by atoms with van der Waals surface area (Å²) in [6.07, 6.45) is 4.96. The third-order valence-electron chi connectivity index (χ3n) is 2.98. The topological polar surface area (TPSA) is 59.5 Å². The number of rotatable bonds is 5. The van der Waals surface area contributed by atoms with Gasteiger partial charge < -0.3 is 15.1 Å². The second-order valence-electron chi connectivity index (χ2n) is 4.43. The molecule has 1 aromatic heterocycles. The number of nitrogens with zero attached hydrogens (tertiary/aromatic N) is 1. The van der Waals surface area contributed by atoms with Crippen molar-refractivity contribution in [3.8, 4) is 0 Å². The molecule has 0 atom stereocenters. The van der Waals surface area contributed by atoms with Gasteiger partial charge >= 0.3 is 0 Å². The van der Waals surface area contributed by atoms with E-state index >= 15 is 0 Å². The number of amides is 1. The molecular weight excluding hydrogens is 252 g/mol. The molecule has 4 nitrogen and oxygen atoms in total. The van der Waals surface area contributed by atoms with Crippen LogP contribution in [0.5, 0.6) is 0 Å². The minimum atomic E-state index is -0.0410. The summed E-state index contributed by atoms with van der Waals surface area (Å²) in [5.41, 5.74) is 7.27. The van der Waals surface area contributed by atoms with Crippen LogP contribution in [0, 0.1) is 0 Å². The molecule has 0 spiro atoms. The van der Waals surface area contributed by atoms with Crippen molar-refractivity contribution >= 4 is 17.7 Å². The van der Waals surface area contributed by atoms with Crippen LogP contribution in [0.4, 0.5) is 5.69 Å². The summed E-state index contributed by atoms with van der Waals surface area (Å²) in [6.45, 7) is 3.05. The van der Waals surface area contributed by atoms with Crippen molar-refractivity contribution in [1.82, 2.24) is 4.90 Å². The number of anilines is 1. The molecule has 20 heavy (non-hydrogen) atoms. The Labute approximate surface area is 118 Å². The Morgan fingerprint density at radius 3 is 2.65 bits per heavy atom. The molecule has 1 heterocycles. The number of hydrogen-bond donors (Lipinski definition) is 1. The standard InChI is InChI=1S/C16H18N2O2/c1-2-18(12-15-4-3-11-20-15)16(19)10-7-13-5-8-14(17)9-6-13/h3-11H,2,12,17H2,1H3/b10-7+. The minimum absolute atomic E-state index is 0.0410. The molecule has 2 aromatic rings. The lowest BCUT2D eigenvalue weighted by molar-refractivity contribution is -0.126. The smallest absolute Gasteiger partial charge is 0.246 e. The van der Waals surface area contributed by atoms with Crippen molar-refractivity contribution in [1.29, 1.82) is 0 Å². The fraction of sp³-hybridized carbons (Fsp3) is 0.188. The van der Waals surface area contributed by atoms with Gasteiger partial charge in [0.2, 0.25) is 5.91 Å². The summed E-state index contributed by atoms with van der Waals surface area (Å²) in [5, 5.41) is 0. The van der Waals surface area contributed by atoms with E-state index in [1.165, 1.54) is 0 Å². The van der Waals surface area contributed by atoms with Gasteiger partial charge in [-0.2, -0.15) is 0 Å². The first-order chi connectivity index (χ1) is 9.69. The minimum Gasteiger partial charge on any atom is -0.467 e. The quantitative estimate of drug-likeness (QED) is 0.671. The maximum Gasteiger partial charge on any atom is 0.246 e. The van der Waals surface area contributed by atoms with Crippen molar-refractivity contribution in [2.24, 2.45) is 0 Å². The van der Waals surface area contributed by atoms with E-state index in [0.29, 0.717) is 18.8 Å². The second kappa shape index (κ2) is 6.61. The zero-order chi connectivity index (χ0) is 14.4. The number of carbonyl (C=O) groups excluding carboxylic acids is 1. The Balaban J connectivity index is 2.00. The maximum atomic E-state index is 12.1. The van der Waals surface area contributed by atoms with Gasteiger partial charge in [-0.05, 0) is 42.8 Å². The highest BCUT2D eigenvalue weighted by atomic mass is 16.3. The van der Waals surface area contributed by atoms with Gasteiger partial charge in [-0.15, -0.1) is 0 Å². The molecule has 0 saturated carbocycles. The number of furan rings is 1. The van der Waals surface area contributed by atoms with E-state index in [9.17, 15) is 4.79 Å². The normalized spacial score (nSPS) is 10.8. The molecule has 1 amide bonds. The third kappa shape index (κ3) is 3.75. The van der Waals surface area contributed by atoms with Crippen molar-refractivity contribution in [3.05, 3.63) is 60.1 Å². The summed E-state index contributed by atoms with van der Waals surface area (Å²) >= 11 is 0. The largest absolute Gasteiger partial charge is 0.467 e. The van der Waals surface area contributed by atoms with Crippen LogP contribution in [0.3, 0.4) is 0 Å². The van der Waals surface area contributed by atoms with Crippen molar-refractivity contribution in [2.75, 3.05) is 12.3 Å². The lowest BCUT2D eigenvalue weighted by Crippen LogP contribution is -2.28. The van der Waals surface area contributed by atoms with Gasteiger partial charge in [0.1, 0.15) is 5.76 Å². The molecule has 4 heteroatoms. The van der Waals surface area contributed by atoms with E-state index in [1.807, 2.05) is 43.3 Å². The lowest BCUT2D eigenvalue weighted by Gasteiger charge is -2.17. The van der Waals surface area contributed by atoms with Gasteiger partial charge in [-0.1, -0.05) is 12.1 Å². The summed E-state index contributed by atoms with van der Waals surface area (Å²) in [5.74, 6) is 0.738. The Bertz CT molecular complexity index is 571. The van der Waals surface area contributed by atoms with Gasteiger partial charge in [0.25, 0.3) is 0 Å². The first-order valence-electron chi connectivity index (χ1n) is 6.54. The molecule has 2 rings (SSSR count). The van der Waals surface area contributed by atoms with E-state index in [0.717, 1.165) is 11.3 Å². The molecule has 0 radical (unpaired) electrons. The van der Waals surface area contributed by atoms with Crippen LogP contribution < -0.4 is 5.73 Å². The molecule has 0 aliphatic heterocycles. The van der Waals surface area contributed by atoms with Gasteiger partial charge in [-0.25, -0.2) is 0 Å². The Morgan fingerprint density at radius 2 is 2.05 bits per heavy atom. The summed E-state index contributed by atoms with van der Waals surface area (Å²) in [7, 11) is 0. The van der Waals surface area contributed by atoms with Crippen LogP contribution in [0.1, 0.15) is 18.2 Å². The predicted molar refractivity (Wildman–Crippen MR) is 79.7 cm³/mol. The van der Waals surface area contributed by atoms with Gasteiger partial charge in [0.15, 0.2) is 0 Å². The number of nitrogen functional groups attached to an aromatic ring is 1. The molecule has 0 aliphatic carbocycles. The van der Waals surface area contributed by atoms with Crippen molar-refractivity contribution in [3.63, 3.8) is 0 Å². The maximum absolute atomic E-state index is 12.1. The Morgan fingerprint density at radius 1 is 1.30 bits per heavy atom. The molecule has 1 aromatic carbocycles. The van der Waals surface area contributed by atoms with Gasteiger partial charge in [0, 0.05) is 18.3 Å². The van der Waals surface area contributed by atoms with Crippen LogP contribution in [0.15, 0.2) is 53.2 Å². The highest BCUT2D eigenvalue weighted by molar-refractivity contribution is 5.91. The molecule has 0 aliphatic rings. The highest BCUT2D eigenvalue weighted by Gasteiger charge is 2.10. The van der Waals surface area contributed by atoms with Crippen molar-refractivity contribution in [2.45, 2.75) is 13.5 Å². The van der Waals surface area contributed by atoms with Gasteiger partial charge in [-0.3, -0.25) is 4.79 Å². The van der Waals surface area contributed by atoms with Crippen LogP contribution in [-0.4, -0.2) is 17.4 Å². The Hall–Kier alpha value is -2.49. The number of hydrogen-bond acceptors (Lipinski definition) is 3. The third-order valence-corrected chi connectivity index (χ3v) is 2.98. The molecular formula is C16H18N2O2. The summed E-state index contributed by atoms with van der Waals surface area (Å²) in [6, 6.07) is 11.1. The molecule has 0 fully saturated rings. The van der Waals surface area contributed by atoms with Crippen LogP contribution in [0.25, 0.3) is 6.08 Å². The number of likely N-dealkylation sites (N-methyl/N-ethyl adjacent to an activating group) is 1. The molecule has 104 valence electrons. The van der Waals surface area contributed by atoms with Crippen LogP contribution in [-0.2, 0) is 11.3 Å². The second-order valence-corrected chi connectivity index (χ2v) is 4.43. The van der Waals surface area contributed by atoms with E-state index in [4.69, 9.17) is 10.2 Å². The molecule has 0 saturated heterocycles. The van der Waals surface area contributed by atoms with Crippen LogP contribution in [0.2, 0.25) is 0 Å². The Kier molecular flexibility index (Phi) is 4.60. The van der Waals surface area contributed by atoms with E-state index in [2.05, 4.69) is 0 Å². The average Bonchev–Trinajstić information content (AvgIpc) is 2.97. The zero-order valence-electron chi connectivity index (χ0n) is 11.5. The van der Waals surface area contributed by atoms with E-state index in [1.54, 1.807) is 23.3 Å². The predicted octanol–water partition coefficient (Wildman–Crippen LogP) is 2.92. The SMILES string of the molecule is CCN(Cc1ccco1)C(=O)/C=C/c1ccc(N)cc1. The van der Waals surface area contributed by atoms with E-state index in [-0.39, 0.29) is 5.91 Å². The summed E-state index contributed by atoms with van der Waals surface area (Å²) < 4.78 is 5.26. The number of nitrogens with two attached hydrogens (primary N) is 1. The monoisotopic (exact) mass is 270 g/mol. The highest BCUT2D eigenvalue weighted by Crippen LogP contribution is 2.09. The first-order valence-corrected chi connectivity index (χ1v) is 6.54. The van der Waals surface area contributed by atoms with E-state index < -0.39 is 0 Å². The summed E-state index contributed by atoms with van der Waals surface area (Å²) in [4.78, 5) is 13.8. The molecule has 2 N–H and O–H groups in total. The van der Waals surface area contributed by atoms with Crippen LogP contribution >= 0.6 is 0 Å².